The molecule has 0 spiro atoms. The summed E-state index contributed by atoms with van der Waals surface area (Å²) in [5.74, 6) is -0.112. The van der Waals surface area contributed by atoms with Crippen LogP contribution >= 0.6 is 0 Å². The lowest BCUT2D eigenvalue weighted by Gasteiger charge is -2.25. The lowest BCUT2D eigenvalue weighted by molar-refractivity contribution is -0.385. The van der Waals surface area contributed by atoms with Crippen LogP contribution in [0.3, 0.4) is 0 Å². The van der Waals surface area contributed by atoms with Crippen LogP contribution in [-0.4, -0.2) is 37.3 Å². The van der Waals surface area contributed by atoms with Crippen molar-refractivity contribution in [1.29, 1.82) is 0 Å². The number of aromatic amines is 1. The monoisotopic (exact) mass is 485 g/mol. The van der Waals surface area contributed by atoms with E-state index in [9.17, 15) is 24.5 Å². The van der Waals surface area contributed by atoms with Crippen LogP contribution in [0.4, 0.5) is 17.2 Å². The fourth-order valence-electron chi connectivity index (χ4n) is 3.59. The number of amides is 1. The molecule has 13 heteroatoms. The van der Waals surface area contributed by atoms with Gasteiger partial charge in [-0.15, -0.1) is 0 Å². The Labute approximate surface area is 199 Å². The zero-order chi connectivity index (χ0) is 25.5. The zero-order valence-corrected chi connectivity index (χ0v) is 19.5. The molecule has 3 rings (SSSR count). The Balaban J connectivity index is 2.01. The number of carbonyl (C=O) groups excluding carboxylic acids is 1. The largest absolute Gasteiger partial charge is 0.496 e. The molecule has 13 nitrogen and oxygen atoms in total. The molecule has 3 aromatic rings. The van der Waals surface area contributed by atoms with Crippen LogP contribution in [0, 0.1) is 10.1 Å². The number of nitrogens with one attached hydrogen (secondary N) is 1. The Morgan fingerprint density at radius 3 is 2.69 bits per heavy atom. The van der Waals surface area contributed by atoms with Crippen molar-refractivity contribution < 1.29 is 14.5 Å². The van der Waals surface area contributed by atoms with Gasteiger partial charge in [0.05, 0.1) is 18.6 Å². The number of unbranched alkanes of at least 4 members (excludes halogenated alkanes) is 1. The molecule has 0 atom stereocenters. The third kappa shape index (κ3) is 5.75. The second-order valence-electron chi connectivity index (χ2n) is 7.76. The Kier molecular flexibility index (Phi) is 8.02. The van der Waals surface area contributed by atoms with Gasteiger partial charge in [-0.3, -0.25) is 38.8 Å². The average molecular weight is 486 g/mol. The second-order valence-corrected chi connectivity index (χ2v) is 7.76. The first-order valence-corrected chi connectivity index (χ1v) is 11.0. The van der Waals surface area contributed by atoms with Gasteiger partial charge in [0.15, 0.2) is 5.69 Å². The number of rotatable bonds is 11. The Morgan fingerprint density at radius 2 is 2.03 bits per heavy atom. The van der Waals surface area contributed by atoms with Crippen LogP contribution in [0.5, 0.6) is 5.75 Å². The third-order valence-corrected chi connectivity index (χ3v) is 5.43. The molecule has 0 saturated heterocycles. The van der Waals surface area contributed by atoms with Crippen molar-refractivity contribution >= 4 is 23.1 Å². The first-order valence-electron chi connectivity index (χ1n) is 11.0. The number of ether oxygens (including phenoxy) is 1. The van der Waals surface area contributed by atoms with Crippen LogP contribution in [0.2, 0.25) is 0 Å². The van der Waals surface area contributed by atoms with E-state index in [1.807, 2.05) is 6.92 Å². The van der Waals surface area contributed by atoms with E-state index in [1.165, 1.54) is 27.5 Å². The predicted molar refractivity (Wildman–Crippen MR) is 128 cm³/mol. The van der Waals surface area contributed by atoms with E-state index < -0.39 is 22.1 Å². The number of para-hydroxylation sites is 1. The summed E-state index contributed by atoms with van der Waals surface area (Å²) >= 11 is 0. The van der Waals surface area contributed by atoms with Gasteiger partial charge in [0, 0.05) is 25.1 Å². The number of aryl methyl sites for hydroxylation is 1. The summed E-state index contributed by atoms with van der Waals surface area (Å²) in [4.78, 5) is 52.4. The molecule has 0 fully saturated rings. The number of H-pyrrole nitrogens is 1. The molecule has 0 unspecified atom stereocenters. The Bertz CT molecular complexity index is 1330. The first-order chi connectivity index (χ1) is 16.8. The summed E-state index contributed by atoms with van der Waals surface area (Å²) in [5.41, 5.74) is 5.07. The highest BCUT2D eigenvalue weighted by atomic mass is 16.6. The molecular formula is C22H27N7O6. The normalized spacial score (nSPS) is 10.8. The van der Waals surface area contributed by atoms with Crippen molar-refractivity contribution in [2.75, 3.05) is 17.7 Å². The molecular weight excluding hydrogens is 458 g/mol. The van der Waals surface area contributed by atoms with E-state index >= 15 is 0 Å². The SMILES string of the molecule is CCCCn1c(N)c(N(Cc2ccccc2OC)C(=O)CCn2cc([N+](=O)[O-])cn2)c(=O)[nH]c1=O. The number of hydrogen-bond acceptors (Lipinski definition) is 8. The zero-order valence-electron chi connectivity index (χ0n) is 19.5. The van der Waals surface area contributed by atoms with Gasteiger partial charge in [0.1, 0.15) is 24.0 Å². The van der Waals surface area contributed by atoms with E-state index in [-0.39, 0.29) is 43.2 Å². The van der Waals surface area contributed by atoms with Gasteiger partial charge in [-0.05, 0) is 12.5 Å². The molecule has 0 bridgehead atoms. The molecule has 0 radical (unpaired) electrons. The van der Waals surface area contributed by atoms with Crippen molar-refractivity contribution in [2.24, 2.45) is 0 Å². The second kappa shape index (κ2) is 11.1. The van der Waals surface area contributed by atoms with Gasteiger partial charge in [-0.1, -0.05) is 31.5 Å². The fourth-order valence-corrected chi connectivity index (χ4v) is 3.59. The number of hydrogen-bond donors (Lipinski definition) is 2. The standard InChI is InChI=1S/C22H27N7O6/c1-3-4-10-27-20(23)19(21(31)25-22(27)32)28(13-15-7-5-6-8-17(15)35-2)18(30)9-11-26-14-16(12-24-26)29(33)34/h5-8,12,14H,3-4,9-11,13,23H2,1-2H3,(H,25,31,32). The smallest absolute Gasteiger partial charge is 0.330 e. The number of nitrogens with two attached hydrogens (primary N) is 1. The van der Waals surface area contributed by atoms with Crippen LogP contribution in [0.25, 0.3) is 0 Å². The van der Waals surface area contributed by atoms with Crippen molar-refractivity contribution in [3.8, 4) is 5.75 Å². The molecule has 0 saturated carbocycles. The summed E-state index contributed by atoms with van der Waals surface area (Å²) in [6, 6.07) is 6.99. The molecule has 1 amide bonds. The number of nitro groups is 1. The van der Waals surface area contributed by atoms with E-state index in [2.05, 4.69) is 10.1 Å². The fraction of sp³-hybridized carbons (Fsp3) is 0.364. The third-order valence-electron chi connectivity index (χ3n) is 5.43. The summed E-state index contributed by atoms with van der Waals surface area (Å²) in [6.45, 7) is 2.20. The Hall–Kier alpha value is -4.42. The molecule has 3 N–H and O–H groups in total. The maximum Gasteiger partial charge on any atom is 0.330 e. The lowest BCUT2D eigenvalue weighted by Crippen LogP contribution is -2.41. The van der Waals surface area contributed by atoms with Crippen molar-refractivity contribution in [3.63, 3.8) is 0 Å². The first kappa shape index (κ1) is 25.2. The van der Waals surface area contributed by atoms with E-state index in [4.69, 9.17) is 10.5 Å². The maximum absolute atomic E-state index is 13.4. The predicted octanol–water partition coefficient (Wildman–Crippen LogP) is 1.66. The molecule has 0 aliphatic heterocycles. The maximum atomic E-state index is 13.4. The highest BCUT2D eigenvalue weighted by Gasteiger charge is 2.25. The van der Waals surface area contributed by atoms with Crippen molar-refractivity contribution in [3.05, 3.63) is 73.2 Å². The lowest BCUT2D eigenvalue weighted by atomic mass is 10.1. The number of aromatic nitrogens is 4. The van der Waals surface area contributed by atoms with Gasteiger partial charge < -0.3 is 10.5 Å². The molecule has 35 heavy (non-hydrogen) atoms. The number of carbonyl (C=O) groups is 1. The topological polar surface area (TPSA) is 171 Å². The highest BCUT2D eigenvalue weighted by Crippen LogP contribution is 2.25. The number of nitrogens with zero attached hydrogens (tertiary/aromatic N) is 5. The average Bonchev–Trinajstić information content (AvgIpc) is 3.31. The summed E-state index contributed by atoms with van der Waals surface area (Å²) in [6.07, 6.45) is 3.60. The van der Waals surface area contributed by atoms with Gasteiger partial charge in [0.2, 0.25) is 5.91 Å². The minimum absolute atomic E-state index is 0.0301. The molecule has 2 aromatic heterocycles. The molecule has 0 aliphatic rings. The molecule has 1 aromatic carbocycles. The number of benzene rings is 1. The van der Waals surface area contributed by atoms with Gasteiger partial charge >= 0.3 is 11.4 Å². The van der Waals surface area contributed by atoms with Gasteiger partial charge in [0.25, 0.3) is 5.56 Å². The minimum Gasteiger partial charge on any atom is -0.496 e. The number of methoxy groups -OCH3 is 1. The van der Waals surface area contributed by atoms with Gasteiger partial charge in [-0.2, -0.15) is 5.10 Å². The van der Waals surface area contributed by atoms with Gasteiger partial charge in [-0.25, -0.2) is 4.79 Å². The van der Waals surface area contributed by atoms with Crippen molar-refractivity contribution in [1.82, 2.24) is 19.3 Å². The van der Waals surface area contributed by atoms with Crippen molar-refractivity contribution in [2.45, 2.75) is 45.8 Å². The van der Waals surface area contributed by atoms with Crippen LogP contribution in [0.15, 0.2) is 46.2 Å². The number of nitrogen functional groups attached to an aromatic ring is 1. The van der Waals surface area contributed by atoms with E-state index in [0.717, 1.165) is 12.6 Å². The Morgan fingerprint density at radius 1 is 1.29 bits per heavy atom. The van der Waals surface area contributed by atoms with Crippen LogP contribution in [-0.2, 0) is 24.4 Å². The summed E-state index contributed by atoms with van der Waals surface area (Å²) in [7, 11) is 1.49. The molecule has 2 heterocycles. The summed E-state index contributed by atoms with van der Waals surface area (Å²) in [5, 5.41) is 14.8. The molecule has 186 valence electrons. The quantitative estimate of drug-likeness (QED) is 0.305. The van der Waals surface area contributed by atoms with Crippen LogP contribution < -0.4 is 26.6 Å². The number of anilines is 2. The highest BCUT2D eigenvalue weighted by molar-refractivity contribution is 5.95. The minimum atomic E-state index is -0.793. The summed E-state index contributed by atoms with van der Waals surface area (Å²) < 4.78 is 7.89. The molecule has 0 aliphatic carbocycles. The van der Waals surface area contributed by atoms with Crippen LogP contribution in [0.1, 0.15) is 31.7 Å². The van der Waals surface area contributed by atoms with E-state index in [1.54, 1.807) is 24.3 Å². The van der Waals surface area contributed by atoms with E-state index in [0.29, 0.717) is 17.7 Å².